The van der Waals surface area contributed by atoms with Gasteiger partial charge in [0.15, 0.2) is 0 Å². The van der Waals surface area contributed by atoms with Crippen LogP contribution >= 0.6 is 46.2 Å². The summed E-state index contributed by atoms with van der Waals surface area (Å²) in [6, 6.07) is 41.2. The SMILES string of the molecule is NCc1nc(-c2ccccc2)c(Sc2ccccc2)s1.NNCc1nc(-c2ccccc2)c(Sc2ccccc2)s1.O. The maximum atomic E-state index is 5.74. The fourth-order valence-electron chi connectivity index (χ4n) is 3.83. The van der Waals surface area contributed by atoms with Crippen LogP contribution in [0.4, 0.5) is 0 Å². The first-order valence-electron chi connectivity index (χ1n) is 12.9. The van der Waals surface area contributed by atoms with Crippen molar-refractivity contribution < 1.29 is 5.48 Å². The summed E-state index contributed by atoms with van der Waals surface area (Å²) in [7, 11) is 0. The number of hydrogen-bond donors (Lipinski definition) is 3. The van der Waals surface area contributed by atoms with Crippen molar-refractivity contribution in [1.82, 2.24) is 15.4 Å². The van der Waals surface area contributed by atoms with Crippen molar-refractivity contribution in [2.24, 2.45) is 11.6 Å². The standard InChI is InChI=1S/C16H15N3S2.C16H14N2S2.H2O/c17-18-11-14-19-15(12-7-3-1-4-8-12)16(21-14)20-13-9-5-2-6-10-13;17-11-14-18-15(12-7-3-1-4-8-12)16(20-14)19-13-9-5-2-6-10-13;/h1-10,18H,11,17H2;1-10H,11,17H2;1H2. The largest absolute Gasteiger partial charge is 0.412 e. The molecule has 0 spiro atoms. The molecule has 4 aromatic carbocycles. The van der Waals surface area contributed by atoms with Gasteiger partial charge in [0.2, 0.25) is 0 Å². The third-order valence-electron chi connectivity index (χ3n) is 5.71. The van der Waals surface area contributed by atoms with Crippen LogP contribution in [0.15, 0.2) is 140 Å². The molecule has 7 N–H and O–H groups in total. The lowest BCUT2D eigenvalue weighted by Gasteiger charge is -2.02. The fourth-order valence-corrected chi connectivity index (χ4v) is 8.32. The minimum Gasteiger partial charge on any atom is -0.412 e. The van der Waals surface area contributed by atoms with Crippen molar-refractivity contribution in [3.8, 4) is 22.5 Å². The van der Waals surface area contributed by atoms with Crippen LogP contribution in [0.5, 0.6) is 0 Å². The fraction of sp³-hybridized carbons (Fsp3) is 0.0625. The van der Waals surface area contributed by atoms with Crippen LogP contribution < -0.4 is 17.0 Å². The van der Waals surface area contributed by atoms with Gasteiger partial charge in [0.05, 0.1) is 26.4 Å². The summed E-state index contributed by atoms with van der Waals surface area (Å²) >= 11 is 6.85. The molecule has 10 heteroatoms. The third kappa shape index (κ3) is 8.60. The topological polar surface area (TPSA) is 121 Å². The van der Waals surface area contributed by atoms with Crippen molar-refractivity contribution in [2.75, 3.05) is 0 Å². The third-order valence-corrected chi connectivity index (χ3v) is 10.2. The molecule has 0 saturated carbocycles. The summed E-state index contributed by atoms with van der Waals surface area (Å²) < 4.78 is 2.39. The highest BCUT2D eigenvalue weighted by Crippen LogP contribution is 2.41. The number of thiazole rings is 2. The minimum absolute atomic E-state index is 0. The molecular weight excluding hydrogens is 599 g/mol. The highest BCUT2D eigenvalue weighted by Gasteiger charge is 2.15. The Hall–Kier alpha value is -3.32. The Labute approximate surface area is 262 Å². The maximum Gasteiger partial charge on any atom is 0.110 e. The Kier molecular flexibility index (Phi) is 12.3. The van der Waals surface area contributed by atoms with E-state index in [1.165, 1.54) is 18.2 Å². The summed E-state index contributed by atoms with van der Waals surface area (Å²) in [5, 5.41) is 1.97. The normalized spacial score (nSPS) is 10.4. The molecule has 6 aromatic rings. The van der Waals surface area contributed by atoms with E-state index in [4.69, 9.17) is 16.6 Å². The Morgan fingerprint density at radius 1 is 0.571 bits per heavy atom. The van der Waals surface area contributed by atoms with Crippen molar-refractivity contribution in [1.29, 1.82) is 0 Å². The number of aromatic nitrogens is 2. The maximum absolute atomic E-state index is 5.74. The number of benzene rings is 4. The zero-order valence-electron chi connectivity index (χ0n) is 22.6. The van der Waals surface area contributed by atoms with Crippen molar-refractivity contribution in [2.45, 2.75) is 31.3 Å². The number of hydrazine groups is 1. The molecule has 0 aliphatic heterocycles. The van der Waals surface area contributed by atoms with Gasteiger partial charge in [-0.15, -0.1) is 22.7 Å². The number of hydrogen-bond acceptors (Lipinski definition) is 9. The zero-order chi connectivity index (χ0) is 28.3. The van der Waals surface area contributed by atoms with E-state index in [0.717, 1.165) is 32.5 Å². The zero-order valence-corrected chi connectivity index (χ0v) is 25.9. The molecule has 0 saturated heterocycles. The Bertz CT molecular complexity index is 1630. The molecule has 214 valence electrons. The molecule has 0 atom stereocenters. The first-order valence-corrected chi connectivity index (χ1v) is 16.2. The smallest absolute Gasteiger partial charge is 0.110 e. The molecule has 6 rings (SSSR count). The highest BCUT2D eigenvalue weighted by molar-refractivity contribution is 8.01. The molecule has 2 aromatic heterocycles. The lowest BCUT2D eigenvalue weighted by atomic mass is 10.2. The van der Waals surface area contributed by atoms with E-state index in [-0.39, 0.29) is 5.48 Å². The van der Waals surface area contributed by atoms with Gasteiger partial charge < -0.3 is 11.2 Å². The van der Waals surface area contributed by atoms with Crippen molar-refractivity contribution in [3.63, 3.8) is 0 Å². The first kappa shape index (κ1) is 31.6. The van der Waals surface area contributed by atoms with Crippen LogP contribution in [-0.4, -0.2) is 15.4 Å². The highest BCUT2D eigenvalue weighted by atomic mass is 32.2. The second-order valence-electron chi connectivity index (χ2n) is 8.63. The molecule has 0 unspecified atom stereocenters. The van der Waals surface area contributed by atoms with Crippen LogP contribution in [0.25, 0.3) is 22.5 Å². The van der Waals surface area contributed by atoms with Crippen LogP contribution in [0, 0.1) is 0 Å². The van der Waals surface area contributed by atoms with E-state index >= 15 is 0 Å². The molecule has 0 amide bonds. The average molecular weight is 630 g/mol. The monoisotopic (exact) mass is 629 g/mol. The van der Waals surface area contributed by atoms with Gasteiger partial charge in [-0.2, -0.15) is 0 Å². The second kappa shape index (κ2) is 16.4. The molecular formula is C32H31N5OS4. The summed E-state index contributed by atoms with van der Waals surface area (Å²) in [4.78, 5) is 11.8. The molecule has 0 radical (unpaired) electrons. The van der Waals surface area contributed by atoms with Crippen molar-refractivity contribution >= 4 is 46.2 Å². The Morgan fingerprint density at radius 2 is 0.952 bits per heavy atom. The van der Waals surface area contributed by atoms with Crippen LogP contribution in [0.3, 0.4) is 0 Å². The molecule has 42 heavy (non-hydrogen) atoms. The molecule has 2 heterocycles. The van der Waals surface area contributed by atoms with Gasteiger partial charge >= 0.3 is 0 Å². The number of nitrogens with zero attached hydrogens (tertiary/aromatic N) is 2. The van der Waals surface area contributed by atoms with Gasteiger partial charge in [-0.25, -0.2) is 9.97 Å². The predicted octanol–water partition coefficient (Wildman–Crippen LogP) is 7.52. The molecule has 0 aliphatic carbocycles. The van der Waals surface area contributed by atoms with Gasteiger partial charge in [0, 0.05) is 27.5 Å². The van der Waals surface area contributed by atoms with Gasteiger partial charge in [-0.1, -0.05) is 121 Å². The van der Waals surface area contributed by atoms with Crippen LogP contribution in [0.1, 0.15) is 10.0 Å². The lowest BCUT2D eigenvalue weighted by molar-refractivity contribution is 0.737. The summed E-state index contributed by atoms with van der Waals surface area (Å²) in [6.07, 6.45) is 0. The number of nitrogens with two attached hydrogens (primary N) is 2. The first-order chi connectivity index (χ1) is 20.2. The van der Waals surface area contributed by atoms with Crippen LogP contribution in [-0.2, 0) is 13.1 Å². The van der Waals surface area contributed by atoms with Crippen LogP contribution in [0.2, 0.25) is 0 Å². The average Bonchev–Trinajstić information content (AvgIpc) is 3.63. The van der Waals surface area contributed by atoms with E-state index in [1.807, 2.05) is 60.7 Å². The van der Waals surface area contributed by atoms with E-state index in [2.05, 4.69) is 71.1 Å². The molecule has 0 aliphatic rings. The van der Waals surface area contributed by atoms with E-state index in [0.29, 0.717) is 13.1 Å². The quantitative estimate of drug-likeness (QED) is 0.112. The molecule has 0 bridgehead atoms. The Balaban J connectivity index is 0.000000189. The van der Waals surface area contributed by atoms with Gasteiger partial charge in [0.25, 0.3) is 0 Å². The Morgan fingerprint density at radius 3 is 1.36 bits per heavy atom. The summed E-state index contributed by atoms with van der Waals surface area (Å²) in [5.41, 5.74) is 12.8. The lowest BCUT2D eigenvalue weighted by Crippen LogP contribution is -2.20. The van der Waals surface area contributed by atoms with E-state index in [1.54, 1.807) is 46.2 Å². The van der Waals surface area contributed by atoms with Crippen molar-refractivity contribution in [3.05, 3.63) is 131 Å². The number of rotatable bonds is 9. The predicted molar refractivity (Wildman–Crippen MR) is 179 cm³/mol. The van der Waals surface area contributed by atoms with Gasteiger partial charge in [-0.3, -0.25) is 11.3 Å². The van der Waals surface area contributed by atoms with Gasteiger partial charge in [0.1, 0.15) is 10.0 Å². The minimum atomic E-state index is 0. The molecule has 6 nitrogen and oxygen atoms in total. The van der Waals surface area contributed by atoms with E-state index < -0.39 is 0 Å². The second-order valence-corrected chi connectivity index (χ2v) is 13.5. The summed E-state index contributed by atoms with van der Waals surface area (Å²) in [5.74, 6) is 5.42. The van der Waals surface area contributed by atoms with Gasteiger partial charge in [-0.05, 0) is 24.3 Å². The van der Waals surface area contributed by atoms with E-state index in [9.17, 15) is 0 Å². The summed E-state index contributed by atoms with van der Waals surface area (Å²) in [6.45, 7) is 1.07. The molecule has 0 fully saturated rings. The number of nitrogens with one attached hydrogen (secondary N) is 1.